The van der Waals surface area contributed by atoms with E-state index in [1.165, 1.54) is 31.8 Å². The molecular formula is C32H48BN3O8S2. The van der Waals surface area contributed by atoms with Crippen LogP contribution >= 0.6 is 0 Å². The summed E-state index contributed by atoms with van der Waals surface area (Å²) >= 11 is 0. The van der Waals surface area contributed by atoms with Crippen molar-refractivity contribution < 1.29 is 35.5 Å². The lowest BCUT2D eigenvalue weighted by Crippen LogP contribution is -2.65. The van der Waals surface area contributed by atoms with Gasteiger partial charge in [0.25, 0.3) is 10.1 Å². The quantitative estimate of drug-likeness (QED) is 0.239. The predicted octanol–water partition coefficient (Wildman–Crippen LogP) is 3.22. The van der Waals surface area contributed by atoms with Crippen LogP contribution in [0.4, 0.5) is 0 Å². The van der Waals surface area contributed by atoms with Gasteiger partial charge in [-0.1, -0.05) is 61.9 Å². The lowest BCUT2D eigenvalue weighted by atomic mass is 9.43. The molecule has 3 saturated carbocycles. The van der Waals surface area contributed by atoms with Crippen LogP contribution < -0.4 is 11.1 Å². The zero-order valence-electron chi connectivity index (χ0n) is 27.5. The van der Waals surface area contributed by atoms with Crippen LogP contribution in [0, 0.1) is 24.2 Å². The number of sulfonamides is 1. The van der Waals surface area contributed by atoms with Crippen LogP contribution in [0.1, 0.15) is 57.6 Å². The van der Waals surface area contributed by atoms with Crippen molar-refractivity contribution in [2.45, 2.75) is 88.4 Å². The third-order valence-electron chi connectivity index (χ3n) is 10.1. The Hall–Kier alpha value is -2.33. The minimum absolute atomic E-state index is 0.000549. The second kappa shape index (κ2) is 14.0. The summed E-state index contributed by atoms with van der Waals surface area (Å²) in [6.07, 6.45) is 4.43. The largest absolute Gasteiger partial charge is 0.481 e. The maximum atomic E-state index is 13.0. The number of rotatable bonds is 11. The number of hydrogen-bond acceptors (Lipinski definition) is 8. The number of carbonyl (C=O) groups is 1. The van der Waals surface area contributed by atoms with Gasteiger partial charge in [0.2, 0.25) is 15.9 Å². The molecule has 2 aromatic carbocycles. The van der Waals surface area contributed by atoms with E-state index in [1.807, 2.05) is 25.1 Å². The topological polar surface area (TPSA) is 165 Å². The molecule has 2 bridgehead atoms. The molecule has 46 heavy (non-hydrogen) atoms. The molecule has 254 valence electrons. The van der Waals surface area contributed by atoms with E-state index >= 15 is 0 Å². The molecule has 0 unspecified atom stereocenters. The van der Waals surface area contributed by atoms with E-state index in [0.29, 0.717) is 18.3 Å². The second-order valence-corrected chi connectivity index (χ2v) is 17.4. The average molecular weight is 678 g/mol. The Labute approximate surface area is 274 Å². The first-order chi connectivity index (χ1) is 21.3. The molecule has 1 aliphatic heterocycles. The molecule has 0 aromatic heterocycles. The Morgan fingerprint density at radius 3 is 2.26 bits per heavy atom. The van der Waals surface area contributed by atoms with Gasteiger partial charge in [-0.2, -0.15) is 8.42 Å². The van der Waals surface area contributed by atoms with Gasteiger partial charge in [-0.15, -0.1) is 0 Å². The molecule has 1 heterocycles. The summed E-state index contributed by atoms with van der Waals surface area (Å²) in [7, 11) is -5.35. The molecule has 14 heteroatoms. The SMILES string of the molecule is CN(C)S(=O)(=O)C[C@H](N)C(=O)N[C@@H](CCCc1ccccc1)B1O[C@@H]2C[C@@H]3C[C@@H](C3(C)C)[C@]2(C)O1.Cc1ccc(S(=O)(=O)O)cc1. The highest BCUT2D eigenvalue weighted by molar-refractivity contribution is 7.89. The Morgan fingerprint density at radius 1 is 1.07 bits per heavy atom. The van der Waals surface area contributed by atoms with E-state index in [9.17, 15) is 21.6 Å². The molecule has 6 rings (SSSR count). The first-order valence-electron chi connectivity index (χ1n) is 15.7. The van der Waals surface area contributed by atoms with Crippen LogP contribution in [0.5, 0.6) is 0 Å². The molecule has 6 atom stereocenters. The van der Waals surface area contributed by atoms with E-state index in [4.69, 9.17) is 19.6 Å². The number of benzene rings is 2. The molecule has 1 amide bonds. The van der Waals surface area contributed by atoms with Gasteiger partial charge in [0.05, 0.1) is 34.3 Å². The smallest absolute Gasteiger partial charge is 0.404 e. The van der Waals surface area contributed by atoms with Crippen LogP contribution in [0.25, 0.3) is 0 Å². The van der Waals surface area contributed by atoms with Crippen LogP contribution in [0.3, 0.4) is 0 Å². The predicted molar refractivity (Wildman–Crippen MR) is 178 cm³/mol. The molecule has 1 saturated heterocycles. The Balaban J connectivity index is 0.000000369. The lowest BCUT2D eigenvalue weighted by molar-refractivity contribution is -0.199. The molecule has 11 nitrogen and oxygen atoms in total. The minimum atomic E-state index is -4.02. The van der Waals surface area contributed by atoms with Gasteiger partial charge in [-0.3, -0.25) is 9.35 Å². The van der Waals surface area contributed by atoms with Crippen LogP contribution in [-0.4, -0.2) is 82.3 Å². The van der Waals surface area contributed by atoms with Gasteiger partial charge in [0, 0.05) is 14.1 Å². The third-order valence-corrected chi connectivity index (χ3v) is 12.8. The van der Waals surface area contributed by atoms with Crippen molar-refractivity contribution in [3.05, 3.63) is 65.7 Å². The van der Waals surface area contributed by atoms with E-state index < -0.39 is 50.9 Å². The van der Waals surface area contributed by atoms with Gasteiger partial charge in [-0.25, -0.2) is 12.7 Å². The first-order valence-corrected chi connectivity index (χ1v) is 18.8. The molecule has 4 aliphatic rings. The van der Waals surface area contributed by atoms with Gasteiger partial charge in [0.1, 0.15) is 0 Å². The molecule has 0 spiro atoms. The van der Waals surface area contributed by atoms with E-state index in [1.54, 1.807) is 12.1 Å². The van der Waals surface area contributed by atoms with Crippen molar-refractivity contribution in [3.63, 3.8) is 0 Å². The number of aryl methyl sites for hydroxylation is 2. The van der Waals surface area contributed by atoms with Crippen LogP contribution in [0.15, 0.2) is 59.5 Å². The summed E-state index contributed by atoms with van der Waals surface area (Å²) < 4.78 is 68.2. The number of nitrogens with two attached hydrogens (primary N) is 1. The summed E-state index contributed by atoms with van der Waals surface area (Å²) in [5.41, 5.74) is 8.03. The lowest BCUT2D eigenvalue weighted by Gasteiger charge is -2.64. The first kappa shape index (κ1) is 36.5. The molecule has 3 aliphatic carbocycles. The maximum absolute atomic E-state index is 13.0. The number of nitrogens with one attached hydrogen (secondary N) is 1. The summed E-state index contributed by atoms with van der Waals surface area (Å²) in [4.78, 5) is 12.9. The van der Waals surface area contributed by atoms with Crippen molar-refractivity contribution in [2.24, 2.45) is 23.0 Å². The fourth-order valence-corrected chi connectivity index (χ4v) is 8.35. The van der Waals surface area contributed by atoms with Crippen LogP contribution in [-0.2, 0) is 40.7 Å². The van der Waals surface area contributed by atoms with Crippen molar-refractivity contribution in [1.29, 1.82) is 0 Å². The highest BCUT2D eigenvalue weighted by Crippen LogP contribution is 2.65. The molecule has 4 fully saturated rings. The Kier molecular flexibility index (Phi) is 11.1. The highest BCUT2D eigenvalue weighted by atomic mass is 32.2. The standard InChI is InChI=1S/C25H40BN3O5S.C7H8O3S/c1-24(2)18-14-20(24)25(3)21(15-18)33-26(34-25)22(13-9-12-17-10-7-6-8-11-17)28-23(30)19(27)16-35(31,32)29(4)5;1-6-2-4-7(5-3-6)11(8,9)10/h6-8,10-11,18-22H,9,12-16,27H2,1-5H3,(H,28,30);2-5H,1H3,(H,8,9,10)/t18-,19-,20-,21+,22-,25-;/m0./s1. The summed E-state index contributed by atoms with van der Waals surface area (Å²) in [6, 6.07) is 15.0. The van der Waals surface area contributed by atoms with Crippen LogP contribution in [0.2, 0.25) is 0 Å². The molecule has 2 aromatic rings. The average Bonchev–Trinajstić information content (AvgIpc) is 3.34. The Morgan fingerprint density at radius 2 is 1.70 bits per heavy atom. The number of carbonyl (C=O) groups excluding carboxylic acids is 1. The fraction of sp³-hybridized carbons (Fsp3) is 0.594. The van der Waals surface area contributed by atoms with E-state index in [-0.39, 0.29) is 22.0 Å². The number of hydrogen-bond donors (Lipinski definition) is 3. The van der Waals surface area contributed by atoms with Gasteiger partial charge < -0.3 is 20.4 Å². The summed E-state index contributed by atoms with van der Waals surface area (Å²) in [5, 5.41) is 2.99. The second-order valence-electron chi connectivity index (χ2n) is 13.8. The van der Waals surface area contributed by atoms with Gasteiger partial charge >= 0.3 is 7.12 Å². The molecular weight excluding hydrogens is 629 g/mol. The molecule has 4 N–H and O–H groups in total. The highest BCUT2D eigenvalue weighted by Gasteiger charge is 2.68. The number of amides is 1. The zero-order valence-corrected chi connectivity index (χ0v) is 29.2. The van der Waals surface area contributed by atoms with Gasteiger partial charge in [0.15, 0.2) is 0 Å². The number of nitrogens with zero attached hydrogens (tertiary/aromatic N) is 1. The van der Waals surface area contributed by atoms with Gasteiger partial charge in [-0.05, 0) is 80.9 Å². The Bertz CT molecular complexity index is 1570. The van der Waals surface area contributed by atoms with Crippen molar-refractivity contribution >= 4 is 33.2 Å². The minimum Gasteiger partial charge on any atom is -0.404 e. The van der Waals surface area contributed by atoms with E-state index in [2.05, 4.69) is 38.2 Å². The third kappa shape index (κ3) is 8.20. The normalized spacial score (nSPS) is 26.3. The zero-order chi connectivity index (χ0) is 34.1. The van der Waals surface area contributed by atoms with E-state index in [0.717, 1.165) is 35.6 Å². The summed E-state index contributed by atoms with van der Waals surface area (Å²) in [6.45, 7) is 8.62. The van der Waals surface area contributed by atoms with Crippen molar-refractivity contribution in [3.8, 4) is 0 Å². The van der Waals surface area contributed by atoms with Crippen molar-refractivity contribution in [2.75, 3.05) is 19.8 Å². The molecule has 0 radical (unpaired) electrons. The monoisotopic (exact) mass is 677 g/mol. The van der Waals surface area contributed by atoms with Crippen molar-refractivity contribution in [1.82, 2.24) is 9.62 Å². The maximum Gasteiger partial charge on any atom is 0.481 e. The fourth-order valence-electron chi connectivity index (χ4n) is 6.97. The summed E-state index contributed by atoms with van der Waals surface area (Å²) in [5.74, 6) is -0.326.